The van der Waals surface area contributed by atoms with Crippen LogP contribution in [0.1, 0.15) is 57.8 Å². The molecule has 28 heavy (non-hydrogen) atoms. The van der Waals surface area contributed by atoms with Crippen molar-refractivity contribution in [1.29, 1.82) is 0 Å². The van der Waals surface area contributed by atoms with E-state index in [0.717, 1.165) is 12.8 Å². The predicted octanol–water partition coefficient (Wildman–Crippen LogP) is 4.10. The lowest BCUT2D eigenvalue weighted by molar-refractivity contribution is -0.345. The van der Waals surface area contributed by atoms with Crippen molar-refractivity contribution >= 4 is 11.9 Å². The van der Waals surface area contributed by atoms with Gasteiger partial charge in [0.05, 0.1) is 24.0 Å². The topological polar surface area (TPSA) is 93.1 Å². The Kier molecular flexibility index (Phi) is 6.21. The SMILES string of the molecule is O=C(O)CC(C1=C(O)C2CCCCC2OC1=O)C1CCC(OC(F)(F)F)CC1. The number of carbonyl (C=O) groups is 2. The number of rotatable bonds is 5. The first-order valence-corrected chi connectivity index (χ1v) is 9.76. The van der Waals surface area contributed by atoms with Crippen molar-refractivity contribution in [2.75, 3.05) is 0 Å². The van der Waals surface area contributed by atoms with E-state index in [4.69, 9.17) is 4.74 Å². The lowest BCUT2D eigenvalue weighted by atomic mass is 9.71. The quantitative estimate of drug-likeness (QED) is 0.668. The molecular weight excluding hydrogens is 381 g/mol. The van der Waals surface area contributed by atoms with Gasteiger partial charge in [-0.15, -0.1) is 13.2 Å². The molecular formula is C19H25F3O6. The molecule has 2 N–H and O–H groups in total. The molecule has 0 aromatic heterocycles. The summed E-state index contributed by atoms with van der Waals surface area (Å²) in [5, 5.41) is 20.1. The second kappa shape index (κ2) is 8.31. The van der Waals surface area contributed by atoms with Crippen molar-refractivity contribution in [2.24, 2.45) is 17.8 Å². The van der Waals surface area contributed by atoms with Gasteiger partial charge in [0.25, 0.3) is 0 Å². The molecule has 3 rings (SSSR count). The second-order valence-corrected chi connectivity index (χ2v) is 7.94. The van der Waals surface area contributed by atoms with E-state index in [1.807, 2.05) is 0 Å². The zero-order chi connectivity index (χ0) is 20.5. The maximum absolute atomic E-state index is 12.6. The molecule has 0 aromatic rings. The van der Waals surface area contributed by atoms with Gasteiger partial charge in [-0.3, -0.25) is 9.53 Å². The van der Waals surface area contributed by atoms with Gasteiger partial charge < -0.3 is 14.9 Å². The van der Waals surface area contributed by atoms with Crippen LogP contribution < -0.4 is 0 Å². The van der Waals surface area contributed by atoms with Gasteiger partial charge in [0.2, 0.25) is 0 Å². The van der Waals surface area contributed by atoms with E-state index in [1.165, 1.54) is 0 Å². The summed E-state index contributed by atoms with van der Waals surface area (Å²) in [5.41, 5.74) is 0.00531. The zero-order valence-electron chi connectivity index (χ0n) is 15.4. The average molecular weight is 406 g/mol. The average Bonchev–Trinajstić information content (AvgIpc) is 2.60. The number of halogens is 3. The van der Waals surface area contributed by atoms with Crippen LogP contribution in [0.4, 0.5) is 13.2 Å². The van der Waals surface area contributed by atoms with Gasteiger partial charge in [-0.05, 0) is 50.9 Å². The first-order valence-electron chi connectivity index (χ1n) is 9.76. The van der Waals surface area contributed by atoms with Gasteiger partial charge in [-0.25, -0.2) is 4.79 Å². The highest BCUT2D eigenvalue weighted by Crippen LogP contribution is 2.44. The third-order valence-electron chi connectivity index (χ3n) is 6.16. The minimum Gasteiger partial charge on any atom is -0.511 e. The molecule has 0 radical (unpaired) electrons. The summed E-state index contributed by atoms with van der Waals surface area (Å²) in [4.78, 5) is 24.0. The third-order valence-corrected chi connectivity index (χ3v) is 6.16. The summed E-state index contributed by atoms with van der Waals surface area (Å²) in [7, 11) is 0. The van der Waals surface area contributed by atoms with E-state index in [-0.39, 0.29) is 61.4 Å². The van der Waals surface area contributed by atoms with Crippen molar-refractivity contribution < 1.29 is 42.4 Å². The maximum Gasteiger partial charge on any atom is 0.522 e. The van der Waals surface area contributed by atoms with Gasteiger partial charge in [-0.2, -0.15) is 0 Å². The highest BCUT2D eigenvalue weighted by atomic mass is 19.4. The van der Waals surface area contributed by atoms with Gasteiger partial charge in [0.1, 0.15) is 11.9 Å². The van der Waals surface area contributed by atoms with Crippen LogP contribution in [-0.2, 0) is 19.1 Å². The molecule has 0 saturated heterocycles. The predicted molar refractivity (Wildman–Crippen MR) is 90.1 cm³/mol. The second-order valence-electron chi connectivity index (χ2n) is 7.94. The number of hydrogen-bond acceptors (Lipinski definition) is 5. The summed E-state index contributed by atoms with van der Waals surface area (Å²) >= 11 is 0. The Labute approximate surface area is 160 Å². The van der Waals surface area contributed by atoms with E-state index in [9.17, 15) is 33.0 Å². The summed E-state index contributed by atoms with van der Waals surface area (Å²) in [6.45, 7) is 0. The Bertz CT molecular complexity index is 636. The van der Waals surface area contributed by atoms with E-state index >= 15 is 0 Å². The largest absolute Gasteiger partial charge is 0.522 e. The number of aliphatic hydroxyl groups is 1. The molecule has 2 aliphatic carbocycles. The normalized spacial score (nSPS) is 32.5. The summed E-state index contributed by atoms with van der Waals surface area (Å²) in [5.74, 6) is -3.32. The number of ether oxygens (including phenoxy) is 2. The fourth-order valence-corrected chi connectivity index (χ4v) is 4.89. The number of aliphatic carboxylic acids is 1. The third kappa shape index (κ3) is 4.79. The van der Waals surface area contributed by atoms with Crippen LogP contribution in [0.25, 0.3) is 0 Å². The van der Waals surface area contributed by atoms with E-state index in [1.54, 1.807) is 0 Å². The molecule has 1 aliphatic heterocycles. The molecule has 0 aromatic carbocycles. The van der Waals surface area contributed by atoms with Crippen molar-refractivity contribution in [1.82, 2.24) is 0 Å². The van der Waals surface area contributed by atoms with Gasteiger partial charge >= 0.3 is 18.3 Å². The molecule has 1 heterocycles. The number of fused-ring (bicyclic) bond motifs is 1. The number of carbonyl (C=O) groups excluding carboxylic acids is 1. The molecule has 0 spiro atoms. The van der Waals surface area contributed by atoms with Crippen LogP contribution >= 0.6 is 0 Å². The lowest BCUT2D eigenvalue weighted by Gasteiger charge is -2.39. The maximum atomic E-state index is 12.6. The minimum atomic E-state index is -4.71. The fourth-order valence-electron chi connectivity index (χ4n) is 4.89. The fraction of sp³-hybridized carbons (Fsp3) is 0.789. The number of hydrogen-bond donors (Lipinski definition) is 2. The van der Waals surface area contributed by atoms with Crippen LogP contribution in [0.15, 0.2) is 11.3 Å². The standard InChI is InChI=1S/C19H25F3O6/c20-19(21,22)28-11-7-5-10(6-8-11)13(9-15(23)24)16-17(25)12-3-1-2-4-14(12)27-18(16)26/h10-14,25H,1-9H2,(H,23,24). The Morgan fingerprint density at radius 1 is 1.14 bits per heavy atom. The molecule has 0 bridgehead atoms. The smallest absolute Gasteiger partial charge is 0.511 e. The van der Waals surface area contributed by atoms with Crippen molar-refractivity contribution in [3.63, 3.8) is 0 Å². The summed E-state index contributed by atoms with van der Waals surface area (Å²) in [6.07, 6.45) is -2.49. The van der Waals surface area contributed by atoms with Crippen LogP contribution in [0.3, 0.4) is 0 Å². The van der Waals surface area contributed by atoms with E-state index in [2.05, 4.69) is 4.74 Å². The lowest BCUT2D eigenvalue weighted by Crippen LogP contribution is -2.41. The number of carboxylic acid groups (broad SMARTS) is 1. The molecule has 2 fully saturated rings. The van der Waals surface area contributed by atoms with Crippen molar-refractivity contribution in [3.05, 3.63) is 11.3 Å². The van der Waals surface area contributed by atoms with E-state index in [0.29, 0.717) is 12.8 Å². The summed E-state index contributed by atoms with van der Waals surface area (Å²) < 4.78 is 46.8. The Morgan fingerprint density at radius 3 is 2.39 bits per heavy atom. The molecule has 6 nitrogen and oxygen atoms in total. The molecule has 3 aliphatic rings. The summed E-state index contributed by atoms with van der Waals surface area (Å²) in [6, 6.07) is 0. The molecule has 158 valence electrons. The van der Waals surface area contributed by atoms with Gasteiger partial charge in [0, 0.05) is 5.92 Å². The van der Waals surface area contributed by atoms with Crippen molar-refractivity contribution in [3.8, 4) is 0 Å². The van der Waals surface area contributed by atoms with Gasteiger partial charge in [0.15, 0.2) is 0 Å². The van der Waals surface area contributed by atoms with E-state index < -0.39 is 30.3 Å². The van der Waals surface area contributed by atoms with Crippen LogP contribution in [0, 0.1) is 17.8 Å². The Morgan fingerprint density at radius 2 is 1.79 bits per heavy atom. The highest BCUT2D eigenvalue weighted by Gasteiger charge is 2.45. The first-order chi connectivity index (χ1) is 13.2. The van der Waals surface area contributed by atoms with Crippen molar-refractivity contribution in [2.45, 2.75) is 76.4 Å². The molecule has 9 heteroatoms. The molecule has 2 saturated carbocycles. The Balaban J connectivity index is 1.79. The van der Waals surface area contributed by atoms with Gasteiger partial charge in [-0.1, -0.05) is 6.42 Å². The number of carboxylic acids is 1. The molecule has 3 unspecified atom stereocenters. The highest BCUT2D eigenvalue weighted by molar-refractivity contribution is 5.91. The van der Waals surface area contributed by atoms with Crippen LogP contribution in [-0.4, -0.2) is 40.7 Å². The monoisotopic (exact) mass is 406 g/mol. The van der Waals surface area contributed by atoms with Crippen LogP contribution in [0.5, 0.6) is 0 Å². The molecule has 3 atom stereocenters. The molecule has 0 amide bonds. The number of alkyl halides is 3. The zero-order valence-corrected chi connectivity index (χ0v) is 15.4. The number of esters is 1. The Hall–Kier alpha value is -1.77. The minimum absolute atomic E-state index is 0.00531. The van der Waals surface area contributed by atoms with Crippen LogP contribution in [0.2, 0.25) is 0 Å². The first kappa shape index (κ1) is 21.0. The number of aliphatic hydroxyl groups excluding tert-OH is 1.